The lowest BCUT2D eigenvalue weighted by Crippen LogP contribution is -2.11. The highest BCUT2D eigenvalue weighted by Gasteiger charge is 2.22. The Balaban J connectivity index is 2.33. The van der Waals surface area contributed by atoms with Crippen molar-refractivity contribution in [1.82, 2.24) is 0 Å². The van der Waals surface area contributed by atoms with Gasteiger partial charge in [0.25, 0.3) is 0 Å². The van der Waals surface area contributed by atoms with Crippen LogP contribution in [0.15, 0.2) is 47.4 Å². The second kappa shape index (κ2) is 7.00. The van der Waals surface area contributed by atoms with Crippen LogP contribution in [0.1, 0.15) is 21.8 Å². The van der Waals surface area contributed by atoms with Crippen LogP contribution in [0.2, 0.25) is 10.0 Å². The zero-order valence-corrected chi connectivity index (χ0v) is 13.5. The molecule has 0 aliphatic carbocycles. The average Bonchev–Trinajstić information content (AvgIpc) is 2.51. The molecule has 1 unspecified atom stereocenters. The van der Waals surface area contributed by atoms with Gasteiger partial charge < -0.3 is 0 Å². The quantitative estimate of drug-likeness (QED) is 0.569. The number of thioether (sulfide) groups is 1. The number of Topliss-reactive ketones (excluding diaryl/α,β-unsaturated/α-hetero) is 1. The Labute approximate surface area is 137 Å². The van der Waals surface area contributed by atoms with E-state index in [2.05, 4.69) is 0 Å². The third-order valence-electron chi connectivity index (χ3n) is 3.04. The molecule has 2 nitrogen and oxygen atoms in total. The molecule has 0 aliphatic rings. The van der Waals surface area contributed by atoms with Crippen molar-refractivity contribution >= 4 is 40.7 Å². The highest BCUT2D eigenvalue weighted by molar-refractivity contribution is 7.98. The van der Waals surface area contributed by atoms with Crippen LogP contribution < -0.4 is 0 Å². The molecule has 0 amide bonds. The number of halogens is 2. The molecule has 5 heteroatoms. The summed E-state index contributed by atoms with van der Waals surface area (Å²) in [6.07, 6.45) is 1.96. The Kier molecular flexibility index (Phi) is 5.30. The van der Waals surface area contributed by atoms with Crippen LogP contribution >= 0.6 is 35.0 Å². The van der Waals surface area contributed by atoms with Gasteiger partial charge in [0.15, 0.2) is 5.78 Å². The zero-order chi connectivity index (χ0) is 15.4. The van der Waals surface area contributed by atoms with Gasteiger partial charge in [-0.1, -0.05) is 41.4 Å². The number of carbonyl (C=O) groups is 1. The normalized spacial score (nSPS) is 11.7. The molecule has 2 aromatic rings. The lowest BCUT2D eigenvalue weighted by molar-refractivity contribution is 0.0979. The molecule has 0 aromatic heterocycles. The van der Waals surface area contributed by atoms with Gasteiger partial charge in [-0.2, -0.15) is 5.26 Å². The summed E-state index contributed by atoms with van der Waals surface area (Å²) >= 11 is 13.4. The highest BCUT2D eigenvalue weighted by atomic mass is 35.5. The van der Waals surface area contributed by atoms with Gasteiger partial charge in [-0.25, -0.2) is 0 Å². The van der Waals surface area contributed by atoms with Crippen molar-refractivity contribution in [2.45, 2.75) is 10.8 Å². The van der Waals surface area contributed by atoms with Crippen LogP contribution in [-0.4, -0.2) is 12.0 Å². The largest absolute Gasteiger partial charge is 0.292 e. The predicted octanol–water partition coefficient (Wildman–Crippen LogP) is 5.21. The Morgan fingerprint density at radius 3 is 2.33 bits per heavy atom. The first-order chi connectivity index (χ1) is 10.1. The molecule has 0 radical (unpaired) electrons. The Morgan fingerprint density at radius 1 is 1.14 bits per heavy atom. The fraction of sp³-hybridized carbons (Fsp3) is 0.125. The van der Waals surface area contributed by atoms with Crippen molar-refractivity contribution in [2.24, 2.45) is 0 Å². The van der Waals surface area contributed by atoms with Crippen molar-refractivity contribution in [2.75, 3.05) is 6.26 Å². The maximum absolute atomic E-state index is 12.5. The fourth-order valence-electron chi connectivity index (χ4n) is 1.90. The van der Waals surface area contributed by atoms with Gasteiger partial charge >= 0.3 is 0 Å². The lowest BCUT2D eigenvalue weighted by Gasteiger charge is -2.10. The number of ketones is 1. The van der Waals surface area contributed by atoms with E-state index in [1.807, 2.05) is 24.5 Å². The molecule has 0 saturated heterocycles. The lowest BCUT2D eigenvalue weighted by atomic mass is 9.92. The highest BCUT2D eigenvalue weighted by Crippen LogP contribution is 2.28. The smallest absolute Gasteiger partial charge is 0.184 e. The number of hydrogen-bond acceptors (Lipinski definition) is 3. The van der Waals surface area contributed by atoms with E-state index in [0.29, 0.717) is 21.2 Å². The second-order valence-corrected chi connectivity index (χ2v) is 6.02. The molecule has 0 spiro atoms. The standard InChI is InChI=1S/C16H11Cl2NOS/c1-21-12-5-2-10(3-6-12)16(20)13(9-19)11-4-7-14(17)15(18)8-11/h2-8,13H,1H3. The third-order valence-corrected chi connectivity index (χ3v) is 4.53. The van der Waals surface area contributed by atoms with E-state index in [1.54, 1.807) is 42.1 Å². The molecule has 2 rings (SSSR count). The Hall–Kier alpha value is -1.47. The molecule has 0 aliphatic heterocycles. The molecule has 0 saturated carbocycles. The van der Waals surface area contributed by atoms with E-state index in [1.165, 1.54) is 0 Å². The number of nitrogens with zero attached hydrogens (tertiary/aromatic N) is 1. The topological polar surface area (TPSA) is 40.9 Å². The monoisotopic (exact) mass is 335 g/mol. The predicted molar refractivity (Wildman–Crippen MR) is 87.4 cm³/mol. The SMILES string of the molecule is CSc1ccc(C(=O)C(C#N)c2ccc(Cl)c(Cl)c2)cc1. The number of rotatable bonds is 4. The van der Waals surface area contributed by atoms with Crippen molar-refractivity contribution < 1.29 is 4.79 Å². The molecule has 0 bridgehead atoms. The number of nitriles is 1. The van der Waals surface area contributed by atoms with E-state index < -0.39 is 5.92 Å². The Morgan fingerprint density at radius 2 is 1.81 bits per heavy atom. The second-order valence-electron chi connectivity index (χ2n) is 4.33. The number of hydrogen-bond donors (Lipinski definition) is 0. The van der Waals surface area contributed by atoms with Crippen LogP contribution in [0.3, 0.4) is 0 Å². The average molecular weight is 336 g/mol. The summed E-state index contributed by atoms with van der Waals surface area (Å²) in [7, 11) is 0. The first-order valence-corrected chi connectivity index (χ1v) is 8.07. The molecule has 2 aromatic carbocycles. The summed E-state index contributed by atoms with van der Waals surface area (Å²) in [5.74, 6) is -1.14. The molecular weight excluding hydrogens is 325 g/mol. The van der Waals surface area contributed by atoms with E-state index >= 15 is 0 Å². The first-order valence-electron chi connectivity index (χ1n) is 6.09. The minimum absolute atomic E-state index is 0.247. The molecular formula is C16H11Cl2NOS. The molecule has 21 heavy (non-hydrogen) atoms. The van der Waals surface area contributed by atoms with Crippen LogP contribution in [-0.2, 0) is 0 Å². The van der Waals surface area contributed by atoms with Crippen molar-refractivity contribution in [3.8, 4) is 6.07 Å². The summed E-state index contributed by atoms with van der Waals surface area (Å²) in [5.41, 5.74) is 1.05. The Bertz CT molecular complexity index is 707. The van der Waals surface area contributed by atoms with Crippen molar-refractivity contribution in [1.29, 1.82) is 5.26 Å². The minimum atomic E-state index is -0.889. The van der Waals surface area contributed by atoms with Gasteiger partial charge in [-0.15, -0.1) is 11.8 Å². The van der Waals surface area contributed by atoms with Gasteiger partial charge in [-0.3, -0.25) is 4.79 Å². The maximum atomic E-state index is 12.5. The van der Waals surface area contributed by atoms with E-state index in [9.17, 15) is 10.1 Å². The molecule has 0 fully saturated rings. The minimum Gasteiger partial charge on any atom is -0.292 e. The number of benzene rings is 2. The van der Waals surface area contributed by atoms with E-state index in [-0.39, 0.29) is 5.78 Å². The van der Waals surface area contributed by atoms with Crippen molar-refractivity contribution in [3.05, 3.63) is 63.6 Å². The molecule has 106 valence electrons. The summed E-state index contributed by atoms with van der Waals surface area (Å²) in [6.45, 7) is 0. The van der Waals surface area contributed by atoms with Crippen LogP contribution in [0.25, 0.3) is 0 Å². The van der Waals surface area contributed by atoms with Gasteiger partial charge in [0, 0.05) is 10.5 Å². The van der Waals surface area contributed by atoms with Gasteiger partial charge in [0.05, 0.1) is 16.1 Å². The van der Waals surface area contributed by atoms with Crippen molar-refractivity contribution in [3.63, 3.8) is 0 Å². The summed E-state index contributed by atoms with van der Waals surface area (Å²) in [5, 5.41) is 10.1. The van der Waals surface area contributed by atoms with Gasteiger partial charge in [0.1, 0.15) is 5.92 Å². The summed E-state index contributed by atoms with van der Waals surface area (Å²) < 4.78 is 0. The first kappa shape index (κ1) is 15.9. The maximum Gasteiger partial charge on any atom is 0.184 e. The summed E-state index contributed by atoms with van der Waals surface area (Å²) in [6, 6.07) is 14.0. The molecule has 0 heterocycles. The van der Waals surface area contributed by atoms with Crippen LogP contribution in [0.4, 0.5) is 0 Å². The van der Waals surface area contributed by atoms with Crippen LogP contribution in [0.5, 0.6) is 0 Å². The zero-order valence-electron chi connectivity index (χ0n) is 11.1. The molecule has 0 N–H and O–H groups in total. The van der Waals surface area contributed by atoms with E-state index in [4.69, 9.17) is 23.2 Å². The van der Waals surface area contributed by atoms with Crippen LogP contribution in [0, 0.1) is 11.3 Å². The van der Waals surface area contributed by atoms with E-state index in [0.717, 1.165) is 4.90 Å². The third kappa shape index (κ3) is 3.59. The molecule has 1 atom stereocenters. The fourth-order valence-corrected chi connectivity index (χ4v) is 2.61. The number of carbonyl (C=O) groups excluding carboxylic acids is 1. The van der Waals surface area contributed by atoms with Gasteiger partial charge in [-0.05, 0) is 36.1 Å². The van der Waals surface area contributed by atoms with Gasteiger partial charge in [0.2, 0.25) is 0 Å². The summed E-state index contributed by atoms with van der Waals surface area (Å²) in [4.78, 5) is 13.5.